The molecule has 1 fully saturated rings. The van der Waals surface area contributed by atoms with Crippen molar-refractivity contribution >= 4 is 40.7 Å². The molecule has 0 aliphatic carbocycles. The maximum absolute atomic E-state index is 9.08. The molecule has 0 bridgehead atoms. The highest BCUT2D eigenvalue weighted by Crippen LogP contribution is 2.34. The number of nitrogens with zero attached hydrogens (tertiary/aromatic N) is 3. The third kappa shape index (κ3) is 9.33. The number of ether oxygens (including phenoxy) is 5. The van der Waals surface area contributed by atoms with Crippen LogP contribution < -0.4 is 0 Å². The summed E-state index contributed by atoms with van der Waals surface area (Å²) in [5.74, 6) is -0.659. The summed E-state index contributed by atoms with van der Waals surface area (Å²) in [4.78, 5) is 2.89. The molecule has 0 aromatic heterocycles. The zero-order valence-corrected chi connectivity index (χ0v) is 24.2. The highest BCUT2D eigenvalue weighted by molar-refractivity contribution is 6.76. The summed E-state index contributed by atoms with van der Waals surface area (Å²) in [6.07, 6.45) is -4.58. The molecule has 0 unspecified atom stereocenters. The molecule has 1 N–H and O–H groups in total. The Kier molecular flexibility index (Phi) is 11.7. The van der Waals surface area contributed by atoms with Crippen LogP contribution in [0, 0.1) is 5.41 Å². The zero-order valence-electron chi connectivity index (χ0n) is 21.9. The average molecular weight is 620 g/mol. The lowest BCUT2D eigenvalue weighted by Crippen LogP contribution is -2.62. The van der Waals surface area contributed by atoms with Gasteiger partial charge in [0.25, 0.3) is 3.79 Å². The number of rotatable bonds is 12. The average Bonchev–Trinajstić information content (AvgIpc) is 2.98. The molecule has 12 heteroatoms. The van der Waals surface area contributed by atoms with E-state index >= 15 is 0 Å². The van der Waals surface area contributed by atoms with Gasteiger partial charge in [0.05, 0.1) is 32.5 Å². The van der Waals surface area contributed by atoms with Crippen molar-refractivity contribution < 1.29 is 23.7 Å². The lowest BCUT2D eigenvalue weighted by atomic mass is 9.97. The van der Waals surface area contributed by atoms with Gasteiger partial charge >= 0.3 is 0 Å². The van der Waals surface area contributed by atoms with Gasteiger partial charge in [0, 0.05) is 4.91 Å². The van der Waals surface area contributed by atoms with Gasteiger partial charge in [-0.15, -0.1) is 0 Å². The molecule has 1 saturated heterocycles. The first-order chi connectivity index (χ1) is 19.8. The highest BCUT2D eigenvalue weighted by atomic mass is 35.6. The van der Waals surface area contributed by atoms with E-state index in [1.807, 2.05) is 91.0 Å². The van der Waals surface area contributed by atoms with Gasteiger partial charge in [0.2, 0.25) is 12.2 Å². The minimum Gasteiger partial charge on any atom is -0.445 e. The second-order valence-electron chi connectivity index (χ2n) is 9.18. The first kappa shape index (κ1) is 31.1. The molecule has 41 heavy (non-hydrogen) atoms. The van der Waals surface area contributed by atoms with Crippen LogP contribution in [0.1, 0.15) is 16.7 Å². The van der Waals surface area contributed by atoms with Crippen LogP contribution >= 0.6 is 34.8 Å². The normalized spacial score (nSPS) is 22.5. The highest BCUT2D eigenvalue weighted by Gasteiger charge is 2.50. The molecule has 216 valence electrons. The van der Waals surface area contributed by atoms with Crippen LogP contribution in [-0.2, 0) is 43.5 Å². The Balaban J connectivity index is 1.68. The first-order valence-electron chi connectivity index (χ1n) is 12.8. The number of halogens is 3. The lowest BCUT2D eigenvalue weighted by Gasteiger charge is -2.45. The third-order valence-corrected chi connectivity index (χ3v) is 6.78. The molecular weight excluding hydrogens is 591 g/mol. The monoisotopic (exact) mass is 618 g/mol. The van der Waals surface area contributed by atoms with E-state index in [-0.39, 0.29) is 26.4 Å². The SMILES string of the molecule is [N-]=[N+]=NC[C@H]1O[C@H](OC(=N)C(Cl)(Cl)Cl)[C@@H](OCc2ccccc2)[C@@H](OCc2ccccc2)[C@@H]1OCc1ccccc1. The van der Waals surface area contributed by atoms with Gasteiger partial charge in [-0.3, -0.25) is 5.41 Å². The Bertz CT molecular complexity index is 1280. The summed E-state index contributed by atoms with van der Waals surface area (Å²) in [5.41, 5.74) is 11.8. The molecule has 3 aromatic rings. The molecule has 0 spiro atoms. The summed E-state index contributed by atoms with van der Waals surface area (Å²) in [6, 6.07) is 28.7. The van der Waals surface area contributed by atoms with Gasteiger partial charge in [0.1, 0.15) is 18.3 Å². The second kappa shape index (κ2) is 15.4. The maximum Gasteiger partial charge on any atom is 0.265 e. The standard InChI is InChI=1S/C29H29Cl3N4O5/c30-29(31,32)28(33)41-27-26(39-19-22-14-8-3-9-15-22)25(38-18-21-12-6-2-7-13-21)24(23(40-27)16-35-36-34)37-17-20-10-4-1-5-11-20/h1-15,23-27,33H,16-19H2/t23-,24-,25+,26+,27-/m1/s1. The summed E-state index contributed by atoms with van der Waals surface area (Å²) < 4.78 is 29.0. The van der Waals surface area contributed by atoms with Crippen molar-refractivity contribution in [1.82, 2.24) is 0 Å². The van der Waals surface area contributed by atoms with E-state index in [4.69, 9.17) is 69.4 Å². The first-order valence-corrected chi connectivity index (χ1v) is 13.9. The third-order valence-electron chi connectivity index (χ3n) is 6.26. The fourth-order valence-corrected chi connectivity index (χ4v) is 4.42. The number of alkyl halides is 3. The molecule has 4 rings (SSSR count). The largest absolute Gasteiger partial charge is 0.445 e. The Morgan fingerprint density at radius 3 is 1.63 bits per heavy atom. The van der Waals surface area contributed by atoms with Crippen molar-refractivity contribution in [2.24, 2.45) is 5.11 Å². The smallest absolute Gasteiger partial charge is 0.265 e. The molecule has 3 aromatic carbocycles. The molecule has 1 aliphatic heterocycles. The van der Waals surface area contributed by atoms with Crippen LogP contribution in [-0.4, -0.2) is 46.9 Å². The van der Waals surface area contributed by atoms with Gasteiger partial charge < -0.3 is 23.7 Å². The van der Waals surface area contributed by atoms with E-state index in [1.165, 1.54) is 0 Å². The van der Waals surface area contributed by atoms with Crippen molar-refractivity contribution in [1.29, 1.82) is 5.41 Å². The van der Waals surface area contributed by atoms with Crippen LogP contribution in [0.5, 0.6) is 0 Å². The summed E-state index contributed by atoms with van der Waals surface area (Å²) in [6.45, 7) is 0.513. The predicted molar refractivity (Wildman–Crippen MR) is 157 cm³/mol. The lowest BCUT2D eigenvalue weighted by molar-refractivity contribution is -0.305. The molecule has 1 heterocycles. The number of nitrogens with one attached hydrogen (secondary N) is 1. The van der Waals surface area contributed by atoms with E-state index < -0.39 is 40.4 Å². The summed E-state index contributed by atoms with van der Waals surface area (Å²) >= 11 is 17.8. The Morgan fingerprint density at radius 1 is 0.756 bits per heavy atom. The topological polar surface area (TPSA) is 119 Å². The fraction of sp³-hybridized carbons (Fsp3) is 0.345. The quantitative estimate of drug-likeness (QED) is 0.0577. The maximum atomic E-state index is 9.08. The van der Waals surface area contributed by atoms with Gasteiger partial charge in [0.15, 0.2) is 0 Å². The number of hydrogen-bond acceptors (Lipinski definition) is 7. The predicted octanol–water partition coefficient (Wildman–Crippen LogP) is 7.14. The van der Waals surface area contributed by atoms with Crippen LogP contribution in [0.15, 0.2) is 96.1 Å². The molecule has 0 amide bonds. The molecule has 0 radical (unpaired) electrons. The molecular formula is C29H29Cl3N4O5. The summed E-state index contributed by atoms with van der Waals surface area (Å²) in [7, 11) is 0. The van der Waals surface area contributed by atoms with Crippen molar-refractivity contribution in [2.75, 3.05) is 6.54 Å². The summed E-state index contributed by atoms with van der Waals surface area (Å²) in [5, 5.41) is 11.9. The van der Waals surface area contributed by atoms with Crippen molar-refractivity contribution in [3.05, 3.63) is 118 Å². The molecule has 1 aliphatic rings. The van der Waals surface area contributed by atoms with E-state index in [1.54, 1.807) is 0 Å². The van der Waals surface area contributed by atoms with Gasteiger partial charge in [-0.25, -0.2) is 0 Å². The van der Waals surface area contributed by atoms with Crippen molar-refractivity contribution in [3.63, 3.8) is 0 Å². The van der Waals surface area contributed by atoms with E-state index in [9.17, 15) is 0 Å². The Hall–Kier alpha value is -2.85. The van der Waals surface area contributed by atoms with Gasteiger partial charge in [-0.2, -0.15) is 0 Å². The minimum atomic E-state index is -2.14. The number of azide groups is 1. The van der Waals surface area contributed by atoms with E-state index in [2.05, 4.69) is 10.0 Å². The van der Waals surface area contributed by atoms with Crippen molar-refractivity contribution in [3.8, 4) is 0 Å². The fourth-order valence-electron chi connectivity index (χ4n) is 4.29. The zero-order chi connectivity index (χ0) is 29.1. The van der Waals surface area contributed by atoms with Crippen LogP contribution in [0.25, 0.3) is 10.4 Å². The molecule has 9 nitrogen and oxygen atoms in total. The van der Waals surface area contributed by atoms with Gasteiger partial charge in [-0.05, 0) is 22.2 Å². The Labute approximate surface area is 253 Å². The Morgan fingerprint density at radius 2 is 1.20 bits per heavy atom. The minimum absolute atomic E-state index is 0.104. The molecule has 5 atom stereocenters. The van der Waals surface area contributed by atoms with Crippen LogP contribution in [0.2, 0.25) is 0 Å². The van der Waals surface area contributed by atoms with Crippen molar-refractivity contribution in [2.45, 2.75) is 54.3 Å². The van der Waals surface area contributed by atoms with Crippen LogP contribution in [0.4, 0.5) is 0 Å². The number of benzene rings is 3. The number of hydrogen-bond donors (Lipinski definition) is 1. The van der Waals surface area contributed by atoms with E-state index in [0.717, 1.165) is 16.7 Å². The second-order valence-corrected chi connectivity index (χ2v) is 11.5. The molecule has 0 saturated carbocycles. The van der Waals surface area contributed by atoms with Gasteiger partial charge in [-0.1, -0.05) is 131 Å². The van der Waals surface area contributed by atoms with Crippen LogP contribution in [0.3, 0.4) is 0 Å². The van der Waals surface area contributed by atoms with E-state index in [0.29, 0.717) is 0 Å².